The molecule has 0 fully saturated rings. The van der Waals surface area contributed by atoms with Gasteiger partial charge in [0.2, 0.25) is 0 Å². The van der Waals surface area contributed by atoms with Crippen LogP contribution in [0.15, 0.2) is 0 Å². The predicted molar refractivity (Wildman–Crippen MR) is 52.4 cm³/mol. The third-order valence-electron chi connectivity index (χ3n) is 2.34. The van der Waals surface area contributed by atoms with Crippen LogP contribution in [-0.4, -0.2) is 44.4 Å². The Morgan fingerprint density at radius 2 is 1.31 bits per heavy atom. The van der Waals surface area contributed by atoms with Crippen molar-refractivity contribution in [1.82, 2.24) is 0 Å². The molecule has 5 heteroatoms. The minimum Gasteiger partial charge on any atom is -0.395 e. The molecule has 2 unspecified atom stereocenters. The summed E-state index contributed by atoms with van der Waals surface area (Å²) in [4.78, 5) is 0. The van der Waals surface area contributed by atoms with Gasteiger partial charge in [0.05, 0.1) is 11.5 Å². The zero-order valence-electron chi connectivity index (χ0n) is 8.78. The van der Waals surface area contributed by atoms with E-state index in [1.165, 1.54) is 14.2 Å². The molecule has 4 nitrogen and oxygen atoms in total. The van der Waals surface area contributed by atoms with E-state index in [9.17, 15) is 10.2 Å². The number of rotatable bonds is 6. The van der Waals surface area contributed by atoms with E-state index in [0.29, 0.717) is 12.8 Å². The summed E-state index contributed by atoms with van der Waals surface area (Å²) >= 11 is 0. The highest BCUT2D eigenvalue weighted by Gasteiger charge is 2.49. The van der Waals surface area contributed by atoms with Crippen LogP contribution in [-0.2, 0) is 8.85 Å². The van der Waals surface area contributed by atoms with Crippen LogP contribution in [0, 0.1) is 0 Å². The Labute approximate surface area is 80.7 Å². The summed E-state index contributed by atoms with van der Waals surface area (Å²) in [7, 11) is 0.120. The molecule has 0 spiro atoms. The summed E-state index contributed by atoms with van der Waals surface area (Å²) in [6.07, 6.45) is 1.07. The average molecular weight is 208 g/mol. The van der Waals surface area contributed by atoms with Gasteiger partial charge < -0.3 is 19.1 Å². The minimum atomic E-state index is -2.84. The molecule has 2 atom stereocenters. The van der Waals surface area contributed by atoms with Gasteiger partial charge in [-0.05, 0) is 12.8 Å². The quantitative estimate of drug-likeness (QED) is 0.618. The highest BCUT2D eigenvalue weighted by molar-refractivity contribution is 6.69. The first-order valence-corrected chi connectivity index (χ1v) is 6.52. The summed E-state index contributed by atoms with van der Waals surface area (Å²) in [5.41, 5.74) is -1.37. The van der Waals surface area contributed by atoms with Crippen molar-refractivity contribution in [2.24, 2.45) is 0 Å². The van der Waals surface area contributed by atoms with Crippen LogP contribution in [0.3, 0.4) is 0 Å². The molecule has 0 aliphatic heterocycles. The van der Waals surface area contributed by atoms with Crippen molar-refractivity contribution in [3.8, 4) is 0 Å². The van der Waals surface area contributed by atoms with Gasteiger partial charge in [0.25, 0.3) is 0 Å². The second-order valence-electron chi connectivity index (χ2n) is 2.98. The average Bonchev–Trinajstić information content (AvgIpc) is 2.19. The van der Waals surface area contributed by atoms with E-state index in [4.69, 9.17) is 8.85 Å². The summed E-state index contributed by atoms with van der Waals surface area (Å²) in [5.74, 6) is 0. The number of aliphatic hydroxyl groups excluding tert-OH is 2. The molecule has 13 heavy (non-hydrogen) atoms. The maximum atomic E-state index is 9.72. The molecule has 80 valence electrons. The van der Waals surface area contributed by atoms with Crippen molar-refractivity contribution in [2.45, 2.75) is 38.1 Å². The SMILES string of the molecule is CCC(O)[Si](OC)(OC)C(O)CC. The lowest BCUT2D eigenvalue weighted by Crippen LogP contribution is -2.61. The largest absolute Gasteiger partial charge is 0.396 e. The minimum absolute atomic E-state index is 0.533. The molecular weight excluding hydrogens is 188 g/mol. The third-order valence-corrected chi connectivity index (χ3v) is 6.29. The molecule has 0 amide bonds. The van der Waals surface area contributed by atoms with E-state index in [1.54, 1.807) is 0 Å². The summed E-state index contributed by atoms with van der Waals surface area (Å²) in [5, 5.41) is 19.4. The normalized spacial score (nSPS) is 17.1. The van der Waals surface area contributed by atoms with Gasteiger partial charge in [0.1, 0.15) is 0 Å². The van der Waals surface area contributed by atoms with E-state index in [2.05, 4.69) is 0 Å². The molecule has 0 saturated carbocycles. The van der Waals surface area contributed by atoms with E-state index in [0.717, 1.165) is 0 Å². The van der Waals surface area contributed by atoms with Gasteiger partial charge in [0.15, 0.2) is 0 Å². The van der Waals surface area contributed by atoms with Crippen LogP contribution in [0.2, 0.25) is 0 Å². The summed E-state index contributed by atoms with van der Waals surface area (Å²) in [6, 6.07) is 0. The van der Waals surface area contributed by atoms with Gasteiger partial charge in [-0.3, -0.25) is 0 Å². The van der Waals surface area contributed by atoms with Gasteiger partial charge in [-0.2, -0.15) is 0 Å². The van der Waals surface area contributed by atoms with E-state index >= 15 is 0 Å². The van der Waals surface area contributed by atoms with Crippen LogP contribution in [0.5, 0.6) is 0 Å². The molecule has 0 bridgehead atoms. The van der Waals surface area contributed by atoms with E-state index in [-0.39, 0.29) is 0 Å². The second-order valence-corrected chi connectivity index (χ2v) is 6.57. The second kappa shape index (κ2) is 5.72. The lowest BCUT2D eigenvalue weighted by atomic mass is 10.5. The fraction of sp³-hybridized carbons (Fsp3) is 1.00. The molecule has 0 aliphatic carbocycles. The predicted octanol–water partition coefficient (Wildman–Crippen LogP) is 0.342. The first-order chi connectivity index (χ1) is 6.08. The van der Waals surface area contributed by atoms with Gasteiger partial charge in [0, 0.05) is 14.2 Å². The Kier molecular flexibility index (Phi) is 5.74. The number of hydrogen-bond donors (Lipinski definition) is 2. The maximum Gasteiger partial charge on any atom is 0.396 e. The van der Waals surface area contributed by atoms with Crippen molar-refractivity contribution in [2.75, 3.05) is 14.2 Å². The molecule has 2 N–H and O–H groups in total. The number of hydrogen-bond acceptors (Lipinski definition) is 4. The topological polar surface area (TPSA) is 58.9 Å². The molecule has 0 aromatic heterocycles. The van der Waals surface area contributed by atoms with E-state index < -0.39 is 20.0 Å². The Hall–Kier alpha value is 0.0569. The van der Waals surface area contributed by atoms with Gasteiger partial charge in [-0.1, -0.05) is 13.8 Å². The van der Waals surface area contributed by atoms with Crippen molar-refractivity contribution >= 4 is 8.56 Å². The van der Waals surface area contributed by atoms with Crippen LogP contribution >= 0.6 is 0 Å². The molecule has 0 aliphatic rings. The fourth-order valence-corrected chi connectivity index (χ4v) is 4.26. The van der Waals surface area contributed by atoms with Crippen molar-refractivity contribution in [3.05, 3.63) is 0 Å². The van der Waals surface area contributed by atoms with Gasteiger partial charge in [-0.25, -0.2) is 0 Å². The molecule has 0 radical (unpaired) electrons. The van der Waals surface area contributed by atoms with Crippen LogP contribution < -0.4 is 0 Å². The first-order valence-electron chi connectivity index (χ1n) is 4.55. The van der Waals surface area contributed by atoms with Crippen molar-refractivity contribution in [3.63, 3.8) is 0 Å². The Bertz CT molecular complexity index is 126. The molecule has 0 rings (SSSR count). The molecule has 0 heterocycles. The van der Waals surface area contributed by atoms with Crippen molar-refractivity contribution < 1.29 is 19.1 Å². The summed E-state index contributed by atoms with van der Waals surface area (Å²) in [6.45, 7) is 3.68. The molecule has 0 aromatic carbocycles. The van der Waals surface area contributed by atoms with Crippen LogP contribution in [0.4, 0.5) is 0 Å². The van der Waals surface area contributed by atoms with Crippen molar-refractivity contribution in [1.29, 1.82) is 0 Å². The molecule has 0 saturated heterocycles. The van der Waals surface area contributed by atoms with Crippen LogP contribution in [0.25, 0.3) is 0 Å². The smallest absolute Gasteiger partial charge is 0.395 e. The highest BCUT2D eigenvalue weighted by Crippen LogP contribution is 2.20. The van der Waals surface area contributed by atoms with Gasteiger partial charge >= 0.3 is 8.56 Å². The molecule has 0 aromatic rings. The highest BCUT2D eigenvalue weighted by atomic mass is 28.4. The lowest BCUT2D eigenvalue weighted by Gasteiger charge is -2.34. The first kappa shape index (κ1) is 13.1. The summed E-state index contributed by atoms with van der Waals surface area (Å²) < 4.78 is 10.4. The van der Waals surface area contributed by atoms with Gasteiger partial charge in [-0.15, -0.1) is 0 Å². The number of aliphatic hydroxyl groups is 2. The molecular formula is C8H20O4Si. The maximum absolute atomic E-state index is 9.72. The third kappa shape index (κ3) is 2.51. The monoisotopic (exact) mass is 208 g/mol. The van der Waals surface area contributed by atoms with Crippen LogP contribution in [0.1, 0.15) is 26.7 Å². The standard InChI is InChI=1S/C8H20O4Si/c1-5-7(9)13(11-3,12-4)8(10)6-2/h7-10H,5-6H2,1-4H3. The zero-order valence-corrected chi connectivity index (χ0v) is 9.78. The Morgan fingerprint density at radius 3 is 1.46 bits per heavy atom. The Morgan fingerprint density at radius 1 is 1.00 bits per heavy atom. The van der Waals surface area contributed by atoms with E-state index in [1.807, 2.05) is 13.8 Å². The fourth-order valence-electron chi connectivity index (χ4n) is 1.42. The Balaban J connectivity index is 4.67. The zero-order chi connectivity index (χ0) is 10.5. The lowest BCUT2D eigenvalue weighted by molar-refractivity contribution is 0.0826.